The Morgan fingerprint density at radius 2 is 1.83 bits per heavy atom. The van der Waals surface area contributed by atoms with Crippen molar-refractivity contribution in [1.29, 1.82) is 0 Å². The summed E-state index contributed by atoms with van der Waals surface area (Å²) in [4.78, 5) is 0. The van der Waals surface area contributed by atoms with E-state index in [9.17, 15) is 8.42 Å². The number of methoxy groups -OCH3 is 1. The van der Waals surface area contributed by atoms with Crippen LogP contribution in [0.4, 0.5) is 0 Å². The van der Waals surface area contributed by atoms with E-state index >= 15 is 0 Å². The van der Waals surface area contributed by atoms with Crippen LogP contribution in [-0.2, 0) is 15.3 Å². The molecule has 2 fully saturated rings. The highest BCUT2D eigenvalue weighted by Crippen LogP contribution is 2.43. The third-order valence-corrected chi connectivity index (χ3v) is 7.80. The number of hydrogen-bond donors (Lipinski definition) is 1. The molecule has 134 valence electrons. The lowest BCUT2D eigenvalue weighted by molar-refractivity contribution is 0.212. The summed E-state index contributed by atoms with van der Waals surface area (Å²) in [6.45, 7) is 3.19. The lowest BCUT2D eigenvalue weighted by Crippen LogP contribution is -2.48. The van der Waals surface area contributed by atoms with Gasteiger partial charge in [-0.25, -0.2) is 8.42 Å². The Hall–Kier alpha value is -1.07. The lowest BCUT2D eigenvalue weighted by atomic mass is 9.64. The zero-order chi connectivity index (χ0) is 17.2. The van der Waals surface area contributed by atoms with Crippen molar-refractivity contribution in [3.63, 3.8) is 0 Å². The van der Waals surface area contributed by atoms with Gasteiger partial charge in [0.15, 0.2) is 0 Å². The van der Waals surface area contributed by atoms with Crippen LogP contribution in [0.25, 0.3) is 0 Å². The summed E-state index contributed by atoms with van der Waals surface area (Å²) < 4.78 is 28.5. The van der Waals surface area contributed by atoms with E-state index in [1.165, 1.54) is 24.8 Å². The van der Waals surface area contributed by atoms with Crippen molar-refractivity contribution in [2.75, 3.05) is 25.2 Å². The topological polar surface area (TPSA) is 55.4 Å². The molecule has 1 N–H and O–H groups in total. The Morgan fingerprint density at radius 3 is 2.33 bits per heavy atom. The fraction of sp³-hybridized carbons (Fsp3) is 0.684. The zero-order valence-corrected chi connectivity index (χ0v) is 15.6. The molecule has 3 rings (SSSR count). The molecule has 1 atom stereocenters. The molecule has 0 aromatic heterocycles. The van der Waals surface area contributed by atoms with Gasteiger partial charge in [-0.15, -0.1) is 0 Å². The second-order valence-electron chi connectivity index (χ2n) is 7.52. The van der Waals surface area contributed by atoms with Gasteiger partial charge >= 0.3 is 0 Å². The predicted octanol–water partition coefficient (Wildman–Crippen LogP) is 2.92. The number of sulfone groups is 1. The fourth-order valence-electron chi connectivity index (χ4n) is 4.05. The molecule has 1 heterocycles. The molecular weight excluding hydrogens is 322 g/mol. The monoisotopic (exact) mass is 351 g/mol. The third-order valence-electron chi connectivity index (χ3n) is 6.08. The largest absolute Gasteiger partial charge is 0.497 e. The zero-order valence-electron chi connectivity index (χ0n) is 14.8. The molecule has 1 aromatic carbocycles. The van der Waals surface area contributed by atoms with Gasteiger partial charge in [0.25, 0.3) is 0 Å². The predicted molar refractivity (Wildman–Crippen MR) is 97.4 cm³/mol. The molecule has 2 aliphatic rings. The van der Waals surface area contributed by atoms with Gasteiger partial charge in [-0.1, -0.05) is 18.6 Å². The third kappa shape index (κ3) is 3.77. The summed E-state index contributed by atoms with van der Waals surface area (Å²) in [5.41, 5.74) is 1.63. The van der Waals surface area contributed by atoms with Crippen LogP contribution in [0.3, 0.4) is 0 Å². The van der Waals surface area contributed by atoms with E-state index in [2.05, 4.69) is 24.4 Å². The van der Waals surface area contributed by atoms with E-state index < -0.39 is 9.84 Å². The first-order chi connectivity index (χ1) is 11.4. The van der Waals surface area contributed by atoms with Gasteiger partial charge in [-0.05, 0) is 56.2 Å². The van der Waals surface area contributed by atoms with Gasteiger partial charge in [0.05, 0.1) is 18.6 Å². The second kappa shape index (κ2) is 7.04. The van der Waals surface area contributed by atoms with Crippen LogP contribution in [0.5, 0.6) is 5.75 Å². The Labute approximate surface area is 145 Å². The molecule has 1 aliphatic heterocycles. The summed E-state index contributed by atoms with van der Waals surface area (Å²) in [7, 11) is -1.08. The molecule has 1 saturated heterocycles. The number of ether oxygens (including phenoxy) is 1. The van der Waals surface area contributed by atoms with Crippen LogP contribution in [0, 0.1) is 5.92 Å². The highest BCUT2D eigenvalue weighted by Gasteiger charge is 2.39. The summed E-state index contributed by atoms with van der Waals surface area (Å²) in [6, 6.07) is 8.85. The molecule has 1 aromatic rings. The van der Waals surface area contributed by atoms with Crippen molar-refractivity contribution >= 4 is 9.84 Å². The van der Waals surface area contributed by atoms with Crippen LogP contribution in [0.1, 0.15) is 44.6 Å². The van der Waals surface area contributed by atoms with Crippen molar-refractivity contribution < 1.29 is 13.2 Å². The van der Waals surface area contributed by atoms with Crippen molar-refractivity contribution in [2.24, 2.45) is 5.92 Å². The quantitative estimate of drug-likeness (QED) is 0.856. The Bertz CT molecular complexity index is 636. The number of rotatable bonds is 6. The Kier molecular flexibility index (Phi) is 5.21. The highest BCUT2D eigenvalue weighted by atomic mass is 32.2. The number of benzene rings is 1. The SMILES string of the molecule is COc1ccc(C2(CNC(C)C3CCS(=O)(=O)CC3)CCC2)cc1. The molecule has 1 aliphatic carbocycles. The Balaban J connectivity index is 1.59. The van der Waals surface area contributed by atoms with E-state index in [0.717, 1.165) is 25.1 Å². The van der Waals surface area contributed by atoms with E-state index in [-0.39, 0.29) is 5.41 Å². The summed E-state index contributed by atoms with van der Waals surface area (Å²) in [6.07, 6.45) is 5.32. The minimum absolute atomic E-state index is 0.237. The highest BCUT2D eigenvalue weighted by molar-refractivity contribution is 7.91. The first-order valence-electron chi connectivity index (χ1n) is 9.02. The lowest BCUT2D eigenvalue weighted by Gasteiger charge is -2.44. The summed E-state index contributed by atoms with van der Waals surface area (Å²) >= 11 is 0. The van der Waals surface area contributed by atoms with E-state index in [1.54, 1.807) is 7.11 Å². The standard InChI is InChI=1S/C19H29NO3S/c1-15(16-8-12-24(21,22)13-9-16)20-14-19(10-3-11-19)17-4-6-18(23-2)7-5-17/h4-7,15-16,20H,3,8-14H2,1-2H3. The molecule has 0 bridgehead atoms. The van der Waals surface area contributed by atoms with Gasteiger partial charge in [0.2, 0.25) is 0 Å². The first-order valence-corrected chi connectivity index (χ1v) is 10.8. The molecule has 0 amide bonds. The van der Waals surface area contributed by atoms with Crippen LogP contribution in [0.15, 0.2) is 24.3 Å². The van der Waals surface area contributed by atoms with Crippen molar-refractivity contribution in [3.05, 3.63) is 29.8 Å². The second-order valence-corrected chi connectivity index (χ2v) is 9.82. The first kappa shape index (κ1) is 17.7. The minimum Gasteiger partial charge on any atom is -0.497 e. The van der Waals surface area contributed by atoms with E-state index in [1.807, 2.05) is 12.1 Å². The Morgan fingerprint density at radius 1 is 1.21 bits per heavy atom. The molecule has 0 spiro atoms. The van der Waals surface area contributed by atoms with E-state index in [0.29, 0.717) is 23.5 Å². The molecule has 24 heavy (non-hydrogen) atoms. The number of hydrogen-bond acceptors (Lipinski definition) is 4. The molecule has 1 saturated carbocycles. The van der Waals surface area contributed by atoms with Crippen molar-refractivity contribution in [2.45, 2.75) is 50.5 Å². The van der Waals surface area contributed by atoms with Crippen molar-refractivity contribution in [1.82, 2.24) is 5.32 Å². The van der Waals surface area contributed by atoms with Crippen molar-refractivity contribution in [3.8, 4) is 5.75 Å². The van der Waals surface area contributed by atoms with Gasteiger partial charge in [0, 0.05) is 18.0 Å². The maximum absolute atomic E-state index is 11.6. The summed E-state index contributed by atoms with van der Waals surface area (Å²) in [5, 5.41) is 3.72. The molecule has 1 unspecified atom stereocenters. The number of nitrogens with one attached hydrogen (secondary N) is 1. The van der Waals surface area contributed by atoms with Gasteiger partial charge < -0.3 is 10.1 Å². The molecule has 4 nitrogen and oxygen atoms in total. The minimum atomic E-state index is -2.78. The van der Waals surface area contributed by atoms with Crippen LogP contribution < -0.4 is 10.1 Å². The maximum Gasteiger partial charge on any atom is 0.150 e. The molecule has 0 radical (unpaired) electrons. The van der Waals surface area contributed by atoms with Crippen LogP contribution >= 0.6 is 0 Å². The van der Waals surface area contributed by atoms with Gasteiger partial charge in [-0.2, -0.15) is 0 Å². The van der Waals surface area contributed by atoms with Gasteiger partial charge in [0.1, 0.15) is 15.6 Å². The van der Waals surface area contributed by atoms with Gasteiger partial charge in [-0.3, -0.25) is 0 Å². The fourth-order valence-corrected chi connectivity index (χ4v) is 5.57. The average Bonchev–Trinajstić information content (AvgIpc) is 2.54. The average molecular weight is 352 g/mol. The van der Waals surface area contributed by atoms with Crippen LogP contribution in [-0.4, -0.2) is 39.6 Å². The smallest absolute Gasteiger partial charge is 0.150 e. The van der Waals surface area contributed by atoms with E-state index in [4.69, 9.17) is 4.74 Å². The maximum atomic E-state index is 11.6. The normalized spacial score (nSPS) is 24.1. The molecular formula is C19H29NO3S. The van der Waals surface area contributed by atoms with Crippen LogP contribution in [0.2, 0.25) is 0 Å². The molecule has 5 heteroatoms. The summed E-state index contributed by atoms with van der Waals surface area (Å²) in [5.74, 6) is 2.08.